The molecule has 0 spiro atoms. The molecule has 0 bridgehead atoms. The predicted molar refractivity (Wildman–Crippen MR) is 108 cm³/mol. The van der Waals surface area contributed by atoms with E-state index in [1.54, 1.807) is 29.2 Å². The first-order valence-electron chi connectivity index (χ1n) is 10.2. The molecule has 0 N–H and O–H groups in total. The molecule has 0 unspecified atom stereocenters. The number of likely N-dealkylation sites (tertiary alicyclic amines) is 1. The fourth-order valence-electron chi connectivity index (χ4n) is 3.97. The summed E-state index contributed by atoms with van der Waals surface area (Å²) in [5, 5.41) is 0.627. The minimum atomic E-state index is -0.313. The number of rotatable bonds is 7. The van der Waals surface area contributed by atoms with Crippen molar-refractivity contribution in [3.8, 4) is 5.75 Å². The Labute approximate surface area is 167 Å². The van der Waals surface area contributed by atoms with E-state index < -0.39 is 0 Å². The molecule has 2 fully saturated rings. The van der Waals surface area contributed by atoms with Gasteiger partial charge in [-0.3, -0.25) is 0 Å². The molecule has 150 valence electrons. The standard InChI is InChI=1S/C21H31ClN2O3/c1-23(21(25)27-20-9-5-17(22)6-10-20)18-7-11-19(12-8-18)26-16-4-15-24-13-2-3-14-24/h5-6,9-10,18-19H,2-4,7-8,11-16H2,1H3. The Morgan fingerprint density at radius 2 is 1.81 bits per heavy atom. The molecule has 1 amide bonds. The fraction of sp³-hybridized carbons (Fsp3) is 0.667. The van der Waals surface area contributed by atoms with Gasteiger partial charge in [0.1, 0.15) is 5.75 Å². The van der Waals surface area contributed by atoms with Gasteiger partial charge in [0.05, 0.1) is 6.10 Å². The van der Waals surface area contributed by atoms with E-state index in [9.17, 15) is 4.79 Å². The third-order valence-electron chi connectivity index (χ3n) is 5.67. The van der Waals surface area contributed by atoms with Gasteiger partial charge in [0.15, 0.2) is 0 Å². The maximum absolute atomic E-state index is 12.3. The number of amides is 1. The lowest BCUT2D eigenvalue weighted by Crippen LogP contribution is -2.42. The molecule has 2 aliphatic rings. The minimum Gasteiger partial charge on any atom is -0.410 e. The van der Waals surface area contributed by atoms with Crippen molar-refractivity contribution in [3.63, 3.8) is 0 Å². The largest absolute Gasteiger partial charge is 0.415 e. The van der Waals surface area contributed by atoms with Gasteiger partial charge in [-0.15, -0.1) is 0 Å². The maximum atomic E-state index is 12.3. The molecule has 0 radical (unpaired) electrons. The second-order valence-corrected chi connectivity index (χ2v) is 8.07. The first-order chi connectivity index (χ1) is 13.1. The summed E-state index contributed by atoms with van der Waals surface area (Å²) >= 11 is 5.86. The lowest BCUT2D eigenvalue weighted by Gasteiger charge is -2.34. The Morgan fingerprint density at radius 3 is 2.48 bits per heavy atom. The summed E-state index contributed by atoms with van der Waals surface area (Å²) < 4.78 is 11.5. The number of carbonyl (C=O) groups is 1. The van der Waals surface area contributed by atoms with E-state index in [1.165, 1.54) is 25.9 Å². The molecule has 0 atom stereocenters. The summed E-state index contributed by atoms with van der Waals surface area (Å²) in [5.74, 6) is 0.520. The van der Waals surface area contributed by atoms with Crippen molar-refractivity contribution in [2.75, 3.05) is 33.3 Å². The number of hydrogen-bond donors (Lipinski definition) is 0. The highest BCUT2D eigenvalue weighted by atomic mass is 35.5. The van der Waals surface area contributed by atoms with E-state index in [0.717, 1.165) is 45.3 Å². The molecule has 1 aliphatic heterocycles. The zero-order valence-electron chi connectivity index (χ0n) is 16.2. The molecule has 1 aliphatic carbocycles. The number of nitrogens with zero attached hydrogens (tertiary/aromatic N) is 2. The molecular weight excluding hydrogens is 364 g/mol. The molecule has 1 saturated heterocycles. The SMILES string of the molecule is CN(C(=O)Oc1ccc(Cl)cc1)C1CCC(OCCCN2CCCC2)CC1. The molecule has 1 aromatic rings. The lowest BCUT2D eigenvalue weighted by atomic mass is 9.92. The predicted octanol–water partition coefficient (Wildman–Crippen LogP) is 4.58. The molecule has 27 heavy (non-hydrogen) atoms. The van der Waals surface area contributed by atoms with Crippen LogP contribution in [0.25, 0.3) is 0 Å². The van der Waals surface area contributed by atoms with Gasteiger partial charge in [-0.25, -0.2) is 4.79 Å². The molecule has 5 nitrogen and oxygen atoms in total. The monoisotopic (exact) mass is 394 g/mol. The third kappa shape index (κ3) is 6.37. The summed E-state index contributed by atoms with van der Waals surface area (Å²) in [5.41, 5.74) is 0. The Kier molecular flexibility index (Phi) is 7.80. The normalized spacial score (nSPS) is 23.3. The average Bonchev–Trinajstić information content (AvgIpc) is 3.20. The van der Waals surface area contributed by atoms with Gasteiger partial charge < -0.3 is 19.3 Å². The molecule has 1 heterocycles. The van der Waals surface area contributed by atoms with Crippen molar-refractivity contribution in [2.24, 2.45) is 0 Å². The van der Waals surface area contributed by atoms with Gasteiger partial charge in [-0.2, -0.15) is 0 Å². The van der Waals surface area contributed by atoms with E-state index >= 15 is 0 Å². The van der Waals surface area contributed by atoms with Crippen molar-refractivity contribution in [1.29, 1.82) is 0 Å². The van der Waals surface area contributed by atoms with Gasteiger partial charge in [0, 0.05) is 31.3 Å². The first-order valence-corrected chi connectivity index (χ1v) is 10.5. The van der Waals surface area contributed by atoms with E-state index in [-0.39, 0.29) is 12.1 Å². The van der Waals surface area contributed by atoms with Crippen molar-refractivity contribution in [3.05, 3.63) is 29.3 Å². The van der Waals surface area contributed by atoms with Crippen LogP contribution < -0.4 is 4.74 Å². The van der Waals surface area contributed by atoms with Crippen LogP contribution in [-0.4, -0.2) is 61.3 Å². The van der Waals surface area contributed by atoms with Crippen molar-refractivity contribution >= 4 is 17.7 Å². The third-order valence-corrected chi connectivity index (χ3v) is 5.92. The van der Waals surface area contributed by atoms with E-state index in [4.69, 9.17) is 21.1 Å². The lowest BCUT2D eigenvalue weighted by molar-refractivity contribution is 0.00896. The molecule has 1 aromatic carbocycles. The number of halogens is 1. The second-order valence-electron chi connectivity index (χ2n) is 7.64. The van der Waals surface area contributed by atoms with Crippen LogP contribution in [0.4, 0.5) is 4.79 Å². The van der Waals surface area contributed by atoms with E-state index in [0.29, 0.717) is 16.9 Å². The van der Waals surface area contributed by atoms with Crippen LogP contribution in [0.3, 0.4) is 0 Å². The first kappa shape index (κ1) is 20.4. The van der Waals surface area contributed by atoms with Crippen LogP contribution >= 0.6 is 11.6 Å². The number of hydrogen-bond acceptors (Lipinski definition) is 4. The molecule has 3 rings (SSSR count). The molecule has 6 heteroatoms. The van der Waals surface area contributed by atoms with Crippen molar-refractivity contribution in [2.45, 2.75) is 57.1 Å². The smallest absolute Gasteiger partial charge is 0.410 e. The number of benzene rings is 1. The van der Waals surface area contributed by atoms with Gasteiger partial charge in [-0.1, -0.05) is 11.6 Å². The topological polar surface area (TPSA) is 42.0 Å². The molecule has 1 saturated carbocycles. The summed E-state index contributed by atoms with van der Waals surface area (Å²) in [4.78, 5) is 16.6. The molecule has 0 aromatic heterocycles. The summed E-state index contributed by atoms with van der Waals surface area (Å²) in [6.45, 7) is 4.52. The van der Waals surface area contributed by atoms with E-state index in [1.807, 2.05) is 7.05 Å². The van der Waals surface area contributed by atoms with Crippen molar-refractivity contribution in [1.82, 2.24) is 9.80 Å². The van der Waals surface area contributed by atoms with Crippen LogP contribution in [0.1, 0.15) is 44.9 Å². The second kappa shape index (κ2) is 10.3. The van der Waals surface area contributed by atoms with Gasteiger partial charge in [0.2, 0.25) is 0 Å². The summed E-state index contributed by atoms with van der Waals surface area (Å²) in [6.07, 6.45) is 7.77. The van der Waals surface area contributed by atoms with Crippen molar-refractivity contribution < 1.29 is 14.3 Å². The zero-order valence-corrected chi connectivity index (χ0v) is 17.0. The van der Waals surface area contributed by atoms with Crippen LogP contribution in [-0.2, 0) is 4.74 Å². The average molecular weight is 395 g/mol. The van der Waals surface area contributed by atoms with Gasteiger partial charge >= 0.3 is 6.09 Å². The van der Waals surface area contributed by atoms with Crippen LogP contribution in [0.15, 0.2) is 24.3 Å². The molecular formula is C21H31ClN2O3. The van der Waals surface area contributed by atoms with Crippen LogP contribution in [0.5, 0.6) is 5.75 Å². The highest BCUT2D eigenvalue weighted by Crippen LogP contribution is 2.25. The highest BCUT2D eigenvalue weighted by Gasteiger charge is 2.28. The Hall–Kier alpha value is -1.30. The van der Waals surface area contributed by atoms with Gasteiger partial charge in [-0.05, 0) is 82.3 Å². The Morgan fingerprint density at radius 1 is 1.15 bits per heavy atom. The summed E-state index contributed by atoms with van der Waals surface area (Å²) in [7, 11) is 1.82. The number of ether oxygens (including phenoxy) is 2. The highest BCUT2D eigenvalue weighted by molar-refractivity contribution is 6.30. The fourth-order valence-corrected chi connectivity index (χ4v) is 4.09. The Bertz CT molecular complexity index is 582. The Balaban J connectivity index is 1.32. The number of carbonyl (C=O) groups excluding carboxylic acids is 1. The van der Waals surface area contributed by atoms with Gasteiger partial charge in [0.25, 0.3) is 0 Å². The van der Waals surface area contributed by atoms with Crippen LogP contribution in [0.2, 0.25) is 5.02 Å². The summed E-state index contributed by atoms with van der Waals surface area (Å²) in [6, 6.07) is 7.07. The zero-order chi connectivity index (χ0) is 19.1. The van der Waals surface area contributed by atoms with Crippen LogP contribution in [0, 0.1) is 0 Å². The quantitative estimate of drug-likeness (QED) is 0.634. The minimum absolute atomic E-state index is 0.217. The maximum Gasteiger partial charge on any atom is 0.415 e. The van der Waals surface area contributed by atoms with E-state index in [2.05, 4.69) is 4.90 Å².